The molecule has 1 aliphatic rings. The summed E-state index contributed by atoms with van der Waals surface area (Å²) < 4.78 is 18.8. The number of nitrogens with zero attached hydrogens (tertiary/aromatic N) is 4. The molecule has 2 aromatic carbocycles. The number of anilines is 1. The predicted molar refractivity (Wildman–Crippen MR) is 98.9 cm³/mol. The second-order valence-electron chi connectivity index (χ2n) is 6.41. The zero-order valence-electron chi connectivity index (χ0n) is 14.7. The molecule has 3 aromatic rings. The largest absolute Gasteiger partial charge is 0.337 e. The summed E-state index contributed by atoms with van der Waals surface area (Å²) in [6.45, 7) is 2.44. The van der Waals surface area contributed by atoms with Crippen molar-refractivity contribution in [2.24, 2.45) is 0 Å². The summed E-state index contributed by atoms with van der Waals surface area (Å²) in [6.07, 6.45) is 0.774. The molecule has 138 valence electrons. The van der Waals surface area contributed by atoms with Crippen LogP contribution in [0.1, 0.15) is 16.8 Å². The highest BCUT2D eigenvalue weighted by molar-refractivity contribution is 5.94. The zero-order valence-corrected chi connectivity index (χ0v) is 14.7. The van der Waals surface area contributed by atoms with Gasteiger partial charge in [0.25, 0.3) is 17.7 Å². The third-order valence-electron chi connectivity index (χ3n) is 4.57. The average molecular weight is 366 g/mol. The maximum atomic E-state index is 13.4. The van der Waals surface area contributed by atoms with E-state index in [1.807, 2.05) is 35.2 Å². The third-order valence-corrected chi connectivity index (χ3v) is 4.57. The van der Waals surface area contributed by atoms with E-state index in [0.717, 1.165) is 18.5 Å². The molecule has 0 spiro atoms. The quantitative estimate of drug-likeness (QED) is 0.712. The van der Waals surface area contributed by atoms with Crippen LogP contribution in [0.15, 0.2) is 59.1 Å². The van der Waals surface area contributed by atoms with E-state index >= 15 is 0 Å². The van der Waals surface area contributed by atoms with Crippen LogP contribution >= 0.6 is 0 Å². The average Bonchev–Trinajstić information content (AvgIpc) is 3.06. The highest BCUT2D eigenvalue weighted by Gasteiger charge is 2.23. The van der Waals surface area contributed by atoms with Gasteiger partial charge in [0.1, 0.15) is 5.82 Å². The Morgan fingerprint density at radius 1 is 1.00 bits per heavy atom. The molecule has 1 amide bonds. The van der Waals surface area contributed by atoms with Crippen LogP contribution in [0, 0.1) is 5.82 Å². The molecule has 27 heavy (non-hydrogen) atoms. The van der Waals surface area contributed by atoms with Crippen LogP contribution in [0.4, 0.5) is 10.3 Å². The molecule has 1 aliphatic heterocycles. The first kappa shape index (κ1) is 17.2. The standard InChI is InChI=1S/C20H19FN4O2/c21-17-9-4-8-16(14-17)19(26)24-10-5-11-25(13-12-24)20-22-18(27-23-20)15-6-2-1-3-7-15/h1-4,6-9,14H,5,10-13H2. The van der Waals surface area contributed by atoms with Gasteiger partial charge in [0.2, 0.25) is 0 Å². The van der Waals surface area contributed by atoms with Gasteiger partial charge in [-0.15, -0.1) is 0 Å². The molecule has 0 radical (unpaired) electrons. The molecule has 4 rings (SSSR count). The van der Waals surface area contributed by atoms with Gasteiger partial charge in [-0.1, -0.05) is 24.3 Å². The lowest BCUT2D eigenvalue weighted by Gasteiger charge is -2.21. The van der Waals surface area contributed by atoms with Gasteiger partial charge in [-0.05, 0) is 41.9 Å². The first-order chi connectivity index (χ1) is 13.2. The predicted octanol–water partition coefficient (Wildman–Crippen LogP) is 3.23. The third kappa shape index (κ3) is 3.81. The summed E-state index contributed by atoms with van der Waals surface area (Å²) in [4.78, 5) is 20.9. The van der Waals surface area contributed by atoms with Crippen LogP contribution in [-0.2, 0) is 0 Å². The molecule has 6 nitrogen and oxygen atoms in total. The summed E-state index contributed by atoms with van der Waals surface area (Å²) in [5, 5.41) is 4.08. The number of carbonyl (C=O) groups excluding carboxylic acids is 1. The van der Waals surface area contributed by atoms with E-state index < -0.39 is 5.82 Å². The maximum Gasteiger partial charge on any atom is 0.266 e. The van der Waals surface area contributed by atoms with Crippen LogP contribution < -0.4 is 4.90 Å². The highest BCUT2D eigenvalue weighted by Crippen LogP contribution is 2.21. The molecule has 1 saturated heterocycles. The van der Waals surface area contributed by atoms with Crippen LogP contribution in [0.5, 0.6) is 0 Å². The Kier molecular flexibility index (Phi) is 4.82. The molecular weight excluding hydrogens is 347 g/mol. The number of hydrogen-bond donors (Lipinski definition) is 0. The van der Waals surface area contributed by atoms with Crippen molar-refractivity contribution in [2.45, 2.75) is 6.42 Å². The van der Waals surface area contributed by atoms with Gasteiger partial charge in [-0.3, -0.25) is 4.79 Å². The first-order valence-corrected chi connectivity index (χ1v) is 8.89. The fourth-order valence-electron chi connectivity index (χ4n) is 3.17. The van der Waals surface area contributed by atoms with Gasteiger partial charge >= 0.3 is 0 Å². The number of rotatable bonds is 3. The van der Waals surface area contributed by atoms with Gasteiger partial charge in [-0.25, -0.2) is 4.39 Å². The number of halogens is 1. The van der Waals surface area contributed by atoms with Gasteiger partial charge in [0, 0.05) is 37.3 Å². The van der Waals surface area contributed by atoms with Crippen molar-refractivity contribution in [1.29, 1.82) is 0 Å². The number of aromatic nitrogens is 2. The van der Waals surface area contributed by atoms with E-state index in [1.54, 1.807) is 17.0 Å². The van der Waals surface area contributed by atoms with Crippen molar-refractivity contribution in [2.75, 3.05) is 31.1 Å². The summed E-state index contributed by atoms with van der Waals surface area (Å²) in [5.41, 5.74) is 1.24. The molecule has 1 fully saturated rings. The minimum Gasteiger partial charge on any atom is -0.337 e. The van der Waals surface area contributed by atoms with E-state index in [9.17, 15) is 9.18 Å². The maximum absolute atomic E-state index is 13.4. The van der Waals surface area contributed by atoms with Crippen molar-refractivity contribution in [3.63, 3.8) is 0 Å². The molecule has 0 atom stereocenters. The first-order valence-electron chi connectivity index (χ1n) is 8.89. The van der Waals surface area contributed by atoms with E-state index in [0.29, 0.717) is 37.0 Å². The second kappa shape index (κ2) is 7.57. The topological polar surface area (TPSA) is 62.5 Å². The molecular formula is C20H19FN4O2. The minimum absolute atomic E-state index is 0.158. The van der Waals surface area contributed by atoms with Crippen molar-refractivity contribution in [3.8, 4) is 11.5 Å². The van der Waals surface area contributed by atoms with Crippen molar-refractivity contribution in [1.82, 2.24) is 15.0 Å². The van der Waals surface area contributed by atoms with Crippen LogP contribution in [0.25, 0.3) is 11.5 Å². The monoisotopic (exact) mass is 366 g/mol. The summed E-state index contributed by atoms with van der Waals surface area (Å²) in [5.74, 6) is 0.434. The van der Waals surface area contributed by atoms with E-state index in [1.165, 1.54) is 12.1 Å². The van der Waals surface area contributed by atoms with Crippen LogP contribution in [-0.4, -0.2) is 47.1 Å². The summed E-state index contributed by atoms with van der Waals surface area (Å²) in [7, 11) is 0. The Morgan fingerprint density at radius 3 is 2.67 bits per heavy atom. The van der Waals surface area contributed by atoms with E-state index in [2.05, 4.69) is 10.1 Å². The van der Waals surface area contributed by atoms with Crippen molar-refractivity contribution in [3.05, 3.63) is 66.0 Å². The molecule has 0 N–H and O–H groups in total. The Bertz CT molecular complexity index is 928. The summed E-state index contributed by atoms with van der Waals surface area (Å²) >= 11 is 0. The van der Waals surface area contributed by atoms with E-state index in [-0.39, 0.29) is 5.91 Å². The lowest BCUT2D eigenvalue weighted by molar-refractivity contribution is 0.0766. The van der Waals surface area contributed by atoms with Gasteiger partial charge in [0.05, 0.1) is 0 Å². The Hall–Kier alpha value is -3.22. The fourth-order valence-corrected chi connectivity index (χ4v) is 3.17. The Morgan fingerprint density at radius 2 is 1.85 bits per heavy atom. The van der Waals surface area contributed by atoms with E-state index in [4.69, 9.17) is 4.52 Å². The number of hydrogen-bond acceptors (Lipinski definition) is 5. The van der Waals surface area contributed by atoms with Crippen LogP contribution in [0.2, 0.25) is 0 Å². The van der Waals surface area contributed by atoms with Gasteiger partial charge in [0.15, 0.2) is 0 Å². The SMILES string of the molecule is O=C(c1cccc(F)c1)N1CCCN(c2noc(-c3ccccc3)n2)CC1. The Balaban J connectivity index is 1.44. The molecule has 2 heterocycles. The smallest absolute Gasteiger partial charge is 0.266 e. The van der Waals surface area contributed by atoms with Gasteiger partial charge in [-0.2, -0.15) is 4.98 Å². The minimum atomic E-state index is -0.405. The molecule has 0 bridgehead atoms. The zero-order chi connectivity index (χ0) is 18.6. The number of benzene rings is 2. The number of carbonyl (C=O) groups is 1. The molecule has 7 heteroatoms. The molecule has 1 aromatic heterocycles. The molecule has 0 unspecified atom stereocenters. The fraction of sp³-hybridized carbons (Fsp3) is 0.250. The normalized spacial score (nSPS) is 14.9. The van der Waals surface area contributed by atoms with Crippen molar-refractivity contribution >= 4 is 11.9 Å². The van der Waals surface area contributed by atoms with Crippen molar-refractivity contribution < 1.29 is 13.7 Å². The highest BCUT2D eigenvalue weighted by atomic mass is 19.1. The summed E-state index contributed by atoms with van der Waals surface area (Å²) in [6, 6.07) is 15.4. The van der Waals surface area contributed by atoms with Gasteiger partial charge < -0.3 is 14.3 Å². The molecule has 0 saturated carbocycles. The lowest BCUT2D eigenvalue weighted by atomic mass is 10.2. The van der Waals surface area contributed by atoms with Crippen LogP contribution in [0.3, 0.4) is 0 Å². The number of amides is 1. The lowest BCUT2D eigenvalue weighted by Crippen LogP contribution is -2.35. The second-order valence-corrected chi connectivity index (χ2v) is 6.41. The Labute approximate surface area is 156 Å². The molecule has 0 aliphatic carbocycles.